The van der Waals surface area contributed by atoms with Crippen molar-refractivity contribution >= 4 is 0 Å². The molecule has 0 aromatic heterocycles. The van der Waals surface area contributed by atoms with Crippen LogP contribution in [-0.2, 0) is 12.8 Å². The molecule has 0 heterocycles. The molecule has 2 N–H and O–H groups in total. The maximum absolute atomic E-state index is 10.0. The average molecular weight is 242 g/mol. The zero-order valence-corrected chi connectivity index (χ0v) is 10.1. The van der Waals surface area contributed by atoms with E-state index in [4.69, 9.17) is 4.74 Å². The molecule has 0 saturated carbocycles. The maximum Gasteiger partial charge on any atom is 0.161 e. The Balaban J connectivity index is 2.29. The molecule has 0 aliphatic heterocycles. The molecule has 1 aliphatic rings. The number of methoxy groups -OCH3 is 1. The van der Waals surface area contributed by atoms with Crippen LogP contribution in [0.1, 0.15) is 11.1 Å². The van der Waals surface area contributed by atoms with Gasteiger partial charge in [-0.15, -0.1) is 0 Å². The van der Waals surface area contributed by atoms with Gasteiger partial charge in [0.25, 0.3) is 0 Å². The lowest BCUT2D eigenvalue weighted by molar-refractivity contribution is 0.373. The topological polar surface area (TPSA) is 49.7 Å². The number of aryl methyl sites for hydroxylation is 2. The lowest BCUT2D eigenvalue weighted by Crippen LogP contribution is -2.04. The van der Waals surface area contributed by atoms with E-state index < -0.39 is 0 Å². The summed E-state index contributed by atoms with van der Waals surface area (Å²) >= 11 is 0. The zero-order chi connectivity index (χ0) is 12.7. The van der Waals surface area contributed by atoms with Gasteiger partial charge in [-0.3, -0.25) is 0 Å². The van der Waals surface area contributed by atoms with E-state index in [-0.39, 0.29) is 11.5 Å². The Kier molecular flexibility index (Phi) is 2.40. The average Bonchev–Trinajstić information content (AvgIpc) is 2.38. The molecule has 0 amide bonds. The second kappa shape index (κ2) is 3.95. The van der Waals surface area contributed by atoms with Gasteiger partial charge in [-0.05, 0) is 47.7 Å². The van der Waals surface area contributed by atoms with E-state index in [1.807, 2.05) is 12.1 Å². The van der Waals surface area contributed by atoms with Gasteiger partial charge >= 0.3 is 0 Å². The van der Waals surface area contributed by atoms with E-state index in [1.54, 1.807) is 18.2 Å². The van der Waals surface area contributed by atoms with Crippen LogP contribution < -0.4 is 4.74 Å². The van der Waals surface area contributed by atoms with Crippen LogP contribution in [0.15, 0.2) is 30.3 Å². The highest BCUT2D eigenvalue weighted by molar-refractivity contribution is 5.80. The van der Waals surface area contributed by atoms with Crippen molar-refractivity contribution in [2.24, 2.45) is 0 Å². The number of rotatable bonds is 1. The van der Waals surface area contributed by atoms with Gasteiger partial charge in [-0.1, -0.05) is 12.1 Å². The van der Waals surface area contributed by atoms with Crippen LogP contribution in [0.3, 0.4) is 0 Å². The van der Waals surface area contributed by atoms with Gasteiger partial charge in [0, 0.05) is 5.56 Å². The van der Waals surface area contributed by atoms with Gasteiger partial charge in [0.1, 0.15) is 5.75 Å². The number of phenols is 2. The van der Waals surface area contributed by atoms with E-state index in [9.17, 15) is 10.2 Å². The third-order valence-electron chi connectivity index (χ3n) is 3.47. The second-order valence-electron chi connectivity index (χ2n) is 4.49. The van der Waals surface area contributed by atoms with Crippen LogP contribution in [-0.4, -0.2) is 17.3 Å². The maximum atomic E-state index is 10.0. The van der Waals surface area contributed by atoms with Gasteiger partial charge < -0.3 is 14.9 Å². The smallest absolute Gasteiger partial charge is 0.161 e. The Morgan fingerprint density at radius 1 is 1.00 bits per heavy atom. The van der Waals surface area contributed by atoms with E-state index in [2.05, 4.69) is 0 Å². The lowest BCUT2D eigenvalue weighted by atomic mass is 9.85. The monoisotopic (exact) mass is 242 g/mol. The predicted octanol–water partition coefficient (Wildman–Crippen LogP) is 2.87. The van der Waals surface area contributed by atoms with Crippen molar-refractivity contribution in [1.82, 2.24) is 0 Å². The van der Waals surface area contributed by atoms with Crippen molar-refractivity contribution in [3.05, 3.63) is 41.5 Å². The Morgan fingerprint density at radius 3 is 2.56 bits per heavy atom. The Morgan fingerprint density at radius 2 is 1.78 bits per heavy atom. The number of fused-ring (bicyclic) bond motifs is 3. The number of hydrogen-bond acceptors (Lipinski definition) is 3. The van der Waals surface area contributed by atoms with Crippen LogP contribution in [0.4, 0.5) is 0 Å². The quantitative estimate of drug-likeness (QED) is 0.808. The molecule has 0 fully saturated rings. The third-order valence-corrected chi connectivity index (χ3v) is 3.47. The van der Waals surface area contributed by atoms with Crippen LogP contribution in [0.2, 0.25) is 0 Å². The highest BCUT2D eigenvalue weighted by atomic mass is 16.5. The first-order valence-electron chi connectivity index (χ1n) is 5.92. The van der Waals surface area contributed by atoms with Crippen LogP contribution >= 0.6 is 0 Å². The highest BCUT2D eigenvalue weighted by Gasteiger charge is 2.21. The van der Waals surface area contributed by atoms with E-state index in [1.165, 1.54) is 7.11 Å². The Labute approximate surface area is 105 Å². The van der Waals surface area contributed by atoms with Crippen molar-refractivity contribution in [1.29, 1.82) is 0 Å². The fourth-order valence-corrected chi connectivity index (χ4v) is 2.59. The third kappa shape index (κ3) is 1.51. The first-order chi connectivity index (χ1) is 8.70. The van der Waals surface area contributed by atoms with Gasteiger partial charge in [0.15, 0.2) is 11.5 Å². The number of hydrogen-bond donors (Lipinski definition) is 2. The fourth-order valence-electron chi connectivity index (χ4n) is 2.59. The van der Waals surface area contributed by atoms with Crippen LogP contribution in [0.25, 0.3) is 11.1 Å². The molecule has 0 radical (unpaired) electrons. The van der Waals surface area contributed by atoms with Crippen LogP contribution in [0, 0.1) is 0 Å². The minimum Gasteiger partial charge on any atom is -0.507 e. The van der Waals surface area contributed by atoms with E-state index >= 15 is 0 Å². The Bertz CT molecular complexity index is 617. The number of ether oxygens (including phenoxy) is 1. The predicted molar refractivity (Wildman–Crippen MR) is 69.2 cm³/mol. The van der Waals surface area contributed by atoms with Gasteiger partial charge in [0.05, 0.1) is 7.11 Å². The summed E-state index contributed by atoms with van der Waals surface area (Å²) in [5.41, 5.74) is 3.98. The summed E-state index contributed by atoms with van der Waals surface area (Å²) in [5.74, 6) is 0.862. The standard InChI is InChI=1S/C15H14O3/c1-18-14-8-11-10(7-13(14)17)6-5-9-3-2-4-12(16)15(9)11/h2-4,7-8,16-17H,5-6H2,1H3. The summed E-state index contributed by atoms with van der Waals surface area (Å²) in [7, 11) is 1.52. The normalized spacial score (nSPS) is 12.7. The SMILES string of the molecule is COc1cc2c(cc1O)CCc1cccc(O)c1-2. The summed E-state index contributed by atoms with van der Waals surface area (Å²) in [6.07, 6.45) is 1.74. The van der Waals surface area contributed by atoms with Crippen molar-refractivity contribution < 1.29 is 14.9 Å². The molecule has 3 heteroatoms. The number of aromatic hydroxyl groups is 2. The molecule has 0 unspecified atom stereocenters. The minimum absolute atomic E-state index is 0.148. The Hall–Kier alpha value is -2.16. The molecule has 18 heavy (non-hydrogen) atoms. The molecule has 2 aromatic rings. The molecule has 0 bridgehead atoms. The molecule has 3 nitrogen and oxygen atoms in total. The highest BCUT2D eigenvalue weighted by Crippen LogP contribution is 2.43. The van der Waals surface area contributed by atoms with E-state index in [0.717, 1.165) is 35.1 Å². The fraction of sp³-hybridized carbons (Fsp3) is 0.200. The van der Waals surface area contributed by atoms with Crippen molar-refractivity contribution in [3.8, 4) is 28.4 Å². The van der Waals surface area contributed by atoms with Crippen molar-refractivity contribution in [2.45, 2.75) is 12.8 Å². The number of benzene rings is 2. The van der Waals surface area contributed by atoms with Crippen LogP contribution in [0.5, 0.6) is 17.2 Å². The van der Waals surface area contributed by atoms with Gasteiger partial charge in [-0.2, -0.15) is 0 Å². The molecular weight excluding hydrogens is 228 g/mol. The largest absolute Gasteiger partial charge is 0.507 e. The van der Waals surface area contributed by atoms with Crippen molar-refractivity contribution in [2.75, 3.05) is 7.11 Å². The summed E-state index contributed by atoms with van der Waals surface area (Å²) < 4.78 is 5.13. The first-order valence-corrected chi connectivity index (χ1v) is 5.92. The molecule has 0 saturated heterocycles. The summed E-state index contributed by atoms with van der Waals surface area (Å²) in [6.45, 7) is 0. The van der Waals surface area contributed by atoms with Gasteiger partial charge in [-0.25, -0.2) is 0 Å². The van der Waals surface area contributed by atoms with Crippen molar-refractivity contribution in [3.63, 3.8) is 0 Å². The second-order valence-corrected chi connectivity index (χ2v) is 4.49. The lowest BCUT2D eigenvalue weighted by Gasteiger charge is -2.21. The molecule has 0 atom stereocenters. The molecule has 1 aliphatic carbocycles. The molecular formula is C15H14O3. The molecule has 2 aromatic carbocycles. The summed E-state index contributed by atoms with van der Waals surface area (Å²) in [6, 6.07) is 9.09. The summed E-state index contributed by atoms with van der Waals surface area (Å²) in [4.78, 5) is 0. The molecule has 3 rings (SSSR count). The zero-order valence-electron chi connectivity index (χ0n) is 10.1. The summed E-state index contributed by atoms with van der Waals surface area (Å²) in [5, 5.41) is 19.8. The van der Waals surface area contributed by atoms with Gasteiger partial charge in [0.2, 0.25) is 0 Å². The minimum atomic E-state index is 0.148. The first kappa shape index (κ1) is 11.0. The number of phenolic OH excluding ortho intramolecular Hbond substituents is 2. The molecule has 92 valence electrons. The molecule has 0 spiro atoms. The van der Waals surface area contributed by atoms with E-state index in [0.29, 0.717) is 5.75 Å².